The van der Waals surface area contributed by atoms with Crippen LogP contribution in [0.2, 0.25) is 0 Å². The summed E-state index contributed by atoms with van der Waals surface area (Å²) in [6.45, 7) is 3.30. The first kappa shape index (κ1) is 18.6. The summed E-state index contributed by atoms with van der Waals surface area (Å²) in [6.07, 6.45) is 1.14. The average molecular weight is 387 g/mol. The minimum Gasteiger partial charge on any atom is -0.493 e. The van der Waals surface area contributed by atoms with Crippen molar-refractivity contribution in [3.8, 4) is 15.6 Å². The molecule has 2 heterocycles. The first-order chi connectivity index (χ1) is 12.6. The van der Waals surface area contributed by atoms with Crippen LogP contribution < -0.4 is 4.74 Å². The molecule has 0 spiro atoms. The summed E-state index contributed by atoms with van der Waals surface area (Å²) in [4.78, 5) is 19.9. The minimum atomic E-state index is 0.0870. The molecule has 0 atom stereocenters. The van der Waals surface area contributed by atoms with E-state index in [1.165, 1.54) is 0 Å². The smallest absolute Gasteiger partial charge is 0.228 e. The SMILES string of the molecule is Cc1ccccc1OCCCN(C)C(=O)Cc1csc(-c2cccs2)n1. The lowest BCUT2D eigenvalue weighted by molar-refractivity contribution is -0.129. The van der Waals surface area contributed by atoms with Crippen LogP contribution in [0.5, 0.6) is 5.75 Å². The summed E-state index contributed by atoms with van der Waals surface area (Å²) < 4.78 is 5.78. The third-order valence-electron chi connectivity index (χ3n) is 4.03. The van der Waals surface area contributed by atoms with Gasteiger partial charge >= 0.3 is 0 Å². The van der Waals surface area contributed by atoms with Gasteiger partial charge in [0.2, 0.25) is 5.91 Å². The van der Waals surface area contributed by atoms with E-state index < -0.39 is 0 Å². The van der Waals surface area contributed by atoms with E-state index in [1.54, 1.807) is 27.6 Å². The molecule has 0 fully saturated rings. The number of hydrogen-bond donors (Lipinski definition) is 0. The highest BCUT2D eigenvalue weighted by atomic mass is 32.1. The van der Waals surface area contributed by atoms with Gasteiger partial charge in [0.15, 0.2) is 0 Å². The van der Waals surface area contributed by atoms with Gasteiger partial charge in [-0.05, 0) is 36.4 Å². The number of amides is 1. The predicted molar refractivity (Wildman–Crippen MR) is 108 cm³/mol. The topological polar surface area (TPSA) is 42.4 Å². The maximum Gasteiger partial charge on any atom is 0.228 e. The van der Waals surface area contributed by atoms with Gasteiger partial charge in [0.05, 0.1) is 23.6 Å². The third kappa shape index (κ3) is 4.93. The van der Waals surface area contributed by atoms with Crippen LogP contribution in [0.25, 0.3) is 9.88 Å². The zero-order valence-corrected chi connectivity index (χ0v) is 16.6. The highest BCUT2D eigenvalue weighted by molar-refractivity contribution is 7.20. The monoisotopic (exact) mass is 386 g/mol. The summed E-state index contributed by atoms with van der Waals surface area (Å²) in [5, 5.41) is 4.99. The Bertz CT molecular complexity index is 843. The zero-order valence-electron chi connectivity index (χ0n) is 15.0. The van der Waals surface area contributed by atoms with Crippen molar-refractivity contribution < 1.29 is 9.53 Å². The Balaban J connectivity index is 1.42. The van der Waals surface area contributed by atoms with E-state index in [0.717, 1.165) is 33.3 Å². The lowest BCUT2D eigenvalue weighted by Crippen LogP contribution is -2.30. The number of rotatable bonds is 8. The number of carbonyl (C=O) groups is 1. The summed E-state index contributed by atoms with van der Waals surface area (Å²) in [5.74, 6) is 0.994. The molecule has 0 saturated heterocycles. The number of thiazole rings is 1. The van der Waals surface area contributed by atoms with Crippen LogP contribution in [0.3, 0.4) is 0 Å². The summed E-state index contributed by atoms with van der Waals surface area (Å²) >= 11 is 3.26. The molecule has 1 aromatic carbocycles. The Morgan fingerprint density at radius 1 is 1.19 bits per heavy atom. The number of hydrogen-bond acceptors (Lipinski definition) is 5. The molecule has 0 saturated carbocycles. The van der Waals surface area contributed by atoms with Crippen LogP contribution in [-0.2, 0) is 11.2 Å². The largest absolute Gasteiger partial charge is 0.493 e. The van der Waals surface area contributed by atoms with Gasteiger partial charge in [-0.25, -0.2) is 4.98 Å². The Hall–Kier alpha value is -2.18. The van der Waals surface area contributed by atoms with E-state index in [2.05, 4.69) is 11.1 Å². The molecule has 0 bridgehead atoms. The summed E-state index contributed by atoms with van der Waals surface area (Å²) in [7, 11) is 1.84. The number of thiophene rings is 1. The molecule has 3 rings (SSSR count). The average Bonchev–Trinajstić information content (AvgIpc) is 3.31. The number of aromatic nitrogens is 1. The van der Waals surface area contributed by atoms with Crippen molar-refractivity contribution in [2.24, 2.45) is 0 Å². The molecule has 0 unspecified atom stereocenters. The van der Waals surface area contributed by atoms with Gasteiger partial charge in [-0.15, -0.1) is 22.7 Å². The van der Waals surface area contributed by atoms with E-state index >= 15 is 0 Å². The Labute approximate surface area is 162 Å². The Kier molecular flexibility index (Phi) is 6.41. The summed E-state index contributed by atoms with van der Waals surface area (Å²) in [6, 6.07) is 12.0. The van der Waals surface area contributed by atoms with E-state index in [0.29, 0.717) is 19.6 Å². The maximum absolute atomic E-state index is 12.4. The van der Waals surface area contributed by atoms with Gasteiger partial charge in [0, 0.05) is 19.0 Å². The fraction of sp³-hybridized carbons (Fsp3) is 0.300. The predicted octanol–water partition coefficient (Wildman–Crippen LogP) is 4.65. The number of likely N-dealkylation sites (N-methyl/N-ethyl adjacent to an activating group) is 1. The van der Waals surface area contributed by atoms with Crippen LogP contribution in [0.1, 0.15) is 17.7 Å². The van der Waals surface area contributed by atoms with E-state index in [1.807, 2.05) is 55.1 Å². The molecule has 26 heavy (non-hydrogen) atoms. The third-order valence-corrected chi connectivity index (χ3v) is 5.96. The standard InChI is InChI=1S/C20H22N2O2S2/c1-15-7-3-4-8-17(15)24-11-6-10-22(2)19(23)13-16-14-26-20(21-16)18-9-5-12-25-18/h3-5,7-9,12,14H,6,10-11,13H2,1-2H3. The van der Waals surface area contributed by atoms with E-state index in [4.69, 9.17) is 4.74 Å². The van der Waals surface area contributed by atoms with Crippen LogP contribution in [0.4, 0.5) is 0 Å². The fourth-order valence-electron chi connectivity index (χ4n) is 2.52. The zero-order chi connectivity index (χ0) is 18.4. The lowest BCUT2D eigenvalue weighted by Gasteiger charge is -2.17. The minimum absolute atomic E-state index is 0.0870. The van der Waals surface area contributed by atoms with Crippen LogP contribution in [0.15, 0.2) is 47.2 Å². The number of carbonyl (C=O) groups excluding carboxylic acids is 1. The molecule has 0 aliphatic carbocycles. The van der Waals surface area contributed by atoms with Crippen LogP contribution in [0, 0.1) is 6.92 Å². The lowest BCUT2D eigenvalue weighted by atomic mass is 10.2. The molecule has 0 radical (unpaired) electrons. The van der Waals surface area contributed by atoms with Gasteiger partial charge in [-0.1, -0.05) is 24.3 Å². The Morgan fingerprint density at radius 2 is 2.04 bits per heavy atom. The number of benzene rings is 1. The maximum atomic E-state index is 12.4. The number of para-hydroxylation sites is 1. The number of aryl methyl sites for hydroxylation is 1. The van der Waals surface area contributed by atoms with Gasteiger partial charge in [-0.3, -0.25) is 4.79 Å². The second-order valence-corrected chi connectivity index (χ2v) is 7.89. The first-order valence-corrected chi connectivity index (χ1v) is 10.3. The van der Waals surface area contributed by atoms with Gasteiger partial charge in [-0.2, -0.15) is 0 Å². The number of ether oxygens (including phenoxy) is 1. The first-order valence-electron chi connectivity index (χ1n) is 8.54. The molecule has 0 aliphatic heterocycles. The van der Waals surface area contributed by atoms with Gasteiger partial charge in [0.1, 0.15) is 10.8 Å². The fourth-order valence-corrected chi connectivity index (χ4v) is 4.15. The van der Waals surface area contributed by atoms with Crippen molar-refractivity contribution in [2.75, 3.05) is 20.2 Å². The van der Waals surface area contributed by atoms with Crippen molar-refractivity contribution in [1.29, 1.82) is 0 Å². The molecule has 136 valence electrons. The quantitative estimate of drug-likeness (QED) is 0.529. The molecule has 6 heteroatoms. The molecule has 1 amide bonds. The van der Waals surface area contributed by atoms with Crippen molar-refractivity contribution in [3.63, 3.8) is 0 Å². The molecular formula is C20H22N2O2S2. The van der Waals surface area contributed by atoms with Gasteiger partial charge in [0.25, 0.3) is 0 Å². The van der Waals surface area contributed by atoms with E-state index in [-0.39, 0.29) is 5.91 Å². The van der Waals surface area contributed by atoms with Crippen molar-refractivity contribution in [3.05, 3.63) is 58.4 Å². The Morgan fingerprint density at radius 3 is 2.81 bits per heavy atom. The van der Waals surface area contributed by atoms with Crippen molar-refractivity contribution >= 4 is 28.6 Å². The van der Waals surface area contributed by atoms with Crippen molar-refractivity contribution in [2.45, 2.75) is 19.8 Å². The van der Waals surface area contributed by atoms with Crippen LogP contribution >= 0.6 is 22.7 Å². The molecule has 0 N–H and O–H groups in total. The normalized spacial score (nSPS) is 10.7. The second-order valence-electron chi connectivity index (χ2n) is 6.08. The molecule has 4 nitrogen and oxygen atoms in total. The van der Waals surface area contributed by atoms with Crippen LogP contribution in [-0.4, -0.2) is 36.0 Å². The summed E-state index contributed by atoms with van der Waals surface area (Å²) in [5.41, 5.74) is 1.97. The van der Waals surface area contributed by atoms with Gasteiger partial charge < -0.3 is 9.64 Å². The molecule has 2 aromatic heterocycles. The number of nitrogens with zero attached hydrogens (tertiary/aromatic N) is 2. The molecular weight excluding hydrogens is 364 g/mol. The molecule has 3 aromatic rings. The molecule has 0 aliphatic rings. The van der Waals surface area contributed by atoms with Crippen molar-refractivity contribution in [1.82, 2.24) is 9.88 Å². The second kappa shape index (κ2) is 8.96. The van der Waals surface area contributed by atoms with E-state index in [9.17, 15) is 4.79 Å². The highest BCUT2D eigenvalue weighted by Crippen LogP contribution is 2.28. The highest BCUT2D eigenvalue weighted by Gasteiger charge is 2.13.